The number of rotatable bonds is 11. The summed E-state index contributed by atoms with van der Waals surface area (Å²) >= 11 is 0. The van der Waals surface area contributed by atoms with E-state index in [4.69, 9.17) is 4.74 Å². The molecule has 4 aromatic rings. The lowest BCUT2D eigenvalue weighted by Crippen LogP contribution is -2.46. The maximum absolute atomic E-state index is 13.3. The average Bonchev–Trinajstić information content (AvgIpc) is 2.98. The van der Waals surface area contributed by atoms with E-state index in [2.05, 4.69) is 40.6 Å². The van der Waals surface area contributed by atoms with E-state index in [-0.39, 0.29) is 18.2 Å². The van der Waals surface area contributed by atoms with Crippen LogP contribution in [0, 0.1) is 5.92 Å². The zero-order chi connectivity index (χ0) is 26.6. The van der Waals surface area contributed by atoms with E-state index >= 15 is 0 Å². The van der Waals surface area contributed by atoms with E-state index < -0.39 is 17.9 Å². The smallest absolute Gasteiger partial charge is 0.329 e. The van der Waals surface area contributed by atoms with Gasteiger partial charge in [0.25, 0.3) is 5.91 Å². The fraction of sp³-hybridized carbons (Fsp3) is 0.182. The van der Waals surface area contributed by atoms with Crippen molar-refractivity contribution in [2.45, 2.75) is 32.4 Å². The highest BCUT2D eigenvalue weighted by molar-refractivity contribution is 5.95. The molecule has 0 saturated heterocycles. The van der Waals surface area contributed by atoms with Gasteiger partial charge in [0.1, 0.15) is 18.3 Å². The standard InChI is InChI=1S/C33H32N2O3/c1-25(20-21-29(28-17-9-4-10-18-28)23-26-13-5-2-6-14-26)31(35-32(36)30-19-11-12-22-34-30)33(37)38-24-27-15-7-3-8-16-27/h2-19,22-23,25,31H,20-21,24H2,1H3,(H,35,36)/b29-23-/t25-,31-/m0/s1. The molecular formula is C33H32N2O3. The highest BCUT2D eigenvalue weighted by atomic mass is 16.5. The van der Waals surface area contributed by atoms with Crippen LogP contribution in [0.2, 0.25) is 0 Å². The Balaban J connectivity index is 1.51. The van der Waals surface area contributed by atoms with Crippen LogP contribution in [0.5, 0.6) is 0 Å². The van der Waals surface area contributed by atoms with Gasteiger partial charge in [-0.15, -0.1) is 0 Å². The van der Waals surface area contributed by atoms with Crippen LogP contribution in [0.4, 0.5) is 0 Å². The minimum atomic E-state index is -0.818. The third-order valence-corrected chi connectivity index (χ3v) is 6.39. The Morgan fingerprint density at radius 2 is 1.47 bits per heavy atom. The lowest BCUT2D eigenvalue weighted by atomic mass is 9.90. The zero-order valence-corrected chi connectivity index (χ0v) is 21.5. The molecule has 0 bridgehead atoms. The molecule has 5 nitrogen and oxygen atoms in total. The molecule has 0 radical (unpaired) electrons. The van der Waals surface area contributed by atoms with Crippen LogP contribution >= 0.6 is 0 Å². The van der Waals surface area contributed by atoms with E-state index in [1.807, 2.05) is 73.7 Å². The van der Waals surface area contributed by atoms with Crippen LogP contribution in [0.25, 0.3) is 11.6 Å². The maximum Gasteiger partial charge on any atom is 0.329 e. The van der Waals surface area contributed by atoms with Gasteiger partial charge in [0.05, 0.1) is 0 Å². The fourth-order valence-electron chi connectivity index (χ4n) is 4.22. The van der Waals surface area contributed by atoms with Gasteiger partial charge in [-0.05, 0) is 53.2 Å². The minimum absolute atomic E-state index is 0.144. The SMILES string of the molecule is C[C@@H](CC/C(=C/c1ccccc1)c1ccccc1)[C@H](NC(=O)c1ccccn1)C(=O)OCc1ccccc1. The van der Waals surface area contributed by atoms with E-state index in [1.54, 1.807) is 24.4 Å². The molecule has 1 amide bonds. The monoisotopic (exact) mass is 504 g/mol. The van der Waals surface area contributed by atoms with Crippen LogP contribution in [0.15, 0.2) is 115 Å². The summed E-state index contributed by atoms with van der Waals surface area (Å²) in [5.74, 6) is -1.05. The van der Waals surface area contributed by atoms with Gasteiger partial charge in [-0.3, -0.25) is 9.78 Å². The van der Waals surface area contributed by atoms with Crippen LogP contribution in [0.3, 0.4) is 0 Å². The van der Waals surface area contributed by atoms with Gasteiger partial charge in [-0.25, -0.2) is 4.79 Å². The predicted molar refractivity (Wildman–Crippen MR) is 151 cm³/mol. The topological polar surface area (TPSA) is 68.3 Å². The number of carbonyl (C=O) groups is 2. The molecule has 0 aliphatic heterocycles. The molecule has 0 fully saturated rings. The van der Waals surface area contributed by atoms with Gasteiger partial charge in [-0.2, -0.15) is 0 Å². The van der Waals surface area contributed by atoms with Gasteiger partial charge in [0.15, 0.2) is 0 Å². The van der Waals surface area contributed by atoms with Gasteiger partial charge in [-0.1, -0.05) is 110 Å². The number of hydrogen-bond acceptors (Lipinski definition) is 4. The number of allylic oxidation sites excluding steroid dienone is 1. The number of carbonyl (C=O) groups excluding carboxylic acids is 2. The highest BCUT2D eigenvalue weighted by Crippen LogP contribution is 2.26. The number of aromatic nitrogens is 1. The van der Waals surface area contributed by atoms with Crippen molar-refractivity contribution < 1.29 is 14.3 Å². The van der Waals surface area contributed by atoms with E-state index in [9.17, 15) is 9.59 Å². The number of hydrogen-bond donors (Lipinski definition) is 1. The first-order chi connectivity index (χ1) is 18.6. The Kier molecular flexibility index (Phi) is 9.57. The van der Waals surface area contributed by atoms with Crippen molar-refractivity contribution >= 4 is 23.5 Å². The molecule has 192 valence electrons. The van der Waals surface area contributed by atoms with Crippen LogP contribution in [0.1, 0.15) is 46.9 Å². The molecule has 0 spiro atoms. The molecule has 3 aromatic carbocycles. The second-order valence-corrected chi connectivity index (χ2v) is 9.22. The molecule has 1 heterocycles. The van der Waals surface area contributed by atoms with Crippen molar-refractivity contribution in [1.82, 2.24) is 10.3 Å². The predicted octanol–water partition coefficient (Wildman–Crippen LogP) is 6.58. The summed E-state index contributed by atoms with van der Waals surface area (Å²) in [5, 5.41) is 2.89. The maximum atomic E-state index is 13.3. The molecular weight excluding hydrogens is 472 g/mol. The Hall–Kier alpha value is -4.51. The zero-order valence-electron chi connectivity index (χ0n) is 21.5. The molecule has 38 heavy (non-hydrogen) atoms. The number of nitrogens with zero attached hydrogens (tertiary/aromatic N) is 1. The summed E-state index contributed by atoms with van der Waals surface area (Å²) in [4.78, 5) is 30.3. The summed E-state index contributed by atoms with van der Waals surface area (Å²) in [7, 11) is 0. The number of pyridine rings is 1. The van der Waals surface area contributed by atoms with Gasteiger partial charge < -0.3 is 10.1 Å². The second-order valence-electron chi connectivity index (χ2n) is 9.22. The van der Waals surface area contributed by atoms with E-state index in [0.29, 0.717) is 6.42 Å². The van der Waals surface area contributed by atoms with Crippen molar-refractivity contribution in [3.05, 3.63) is 138 Å². The largest absolute Gasteiger partial charge is 0.459 e. The molecule has 0 aliphatic rings. The lowest BCUT2D eigenvalue weighted by Gasteiger charge is -2.24. The third kappa shape index (κ3) is 7.74. The highest BCUT2D eigenvalue weighted by Gasteiger charge is 2.29. The quantitative estimate of drug-likeness (QED) is 0.185. The molecule has 0 aliphatic carbocycles. The molecule has 4 rings (SSSR count). The Morgan fingerprint density at radius 3 is 2.13 bits per heavy atom. The Bertz CT molecular complexity index is 1320. The number of amides is 1. The summed E-state index contributed by atoms with van der Waals surface area (Å²) in [5.41, 5.74) is 4.55. The summed E-state index contributed by atoms with van der Waals surface area (Å²) < 4.78 is 5.65. The first-order valence-corrected chi connectivity index (χ1v) is 12.8. The van der Waals surface area contributed by atoms with Crippen molar-refractivity contribution in [1.29, 1.82) is 0 Å². The average molecular weight is 505 g/mol. The van der Waals surface area contributed by atoms with Crippen molar-refractivity contribution in [3.63, 3.8) is 0 Å². The summed E-state index contributed by atoms with van der Waals surface area (Å²) in [6, 6.07) is 34.2. The van der Waals surface area contributed by atoms with E-state index in [1.165, 1.54) is 0 Å². The first kappa shape index (κ1) is 26.6. The molecule has 0 saturated carbocycles. The minimum Gasteiger partial charge on any atom is -0.459 e. The number of benzene rings is 3. The van der Waals surface area contributed by atoms with Gasteiger partial charge in [0, 0.05) is 6.20 Å². The van der Waals surface area contributed by atoms with Crippen molar-refractivity contribution in [2.75, 3.05) is 0 Å². The van der Waals surface area contributed by atoms with E-state index in [0.717, 1.165) is 28.7 Å². The van der Waals surface area contributed by atoms with Gasteiger partial charge >= 0.3 is 5.97 Å². The molecule has 1 N–H and O–H groups in total. The molecule has 0 unspecified atom stereocenters. The Morgan fingerprint density at radius 1 is 0.842 bits per heavy atom. The Labute approximate surface area is 224 Å². The number of nitrogens with one attached hydrogen (secondary N) is 1. The first-order valence-electron chi connectivity index (χ1n) is 12.8. The van der Waals surface area contributed by atoms with Crippen molar-refractivity contribution in [3.8, 4) is 0 Å². The van der Waals surface area contributed by atoms with Crippen LogP contribution in [-0.2, 0) is 16.1 Å². The molecule has 1 aromatic heterocycles. The van der Waals surface area contributed by atoms with Crippen LogP contribution < -0.4 is 5.32 Å². The second kappa shape index (κ2) is 13.7. The number of ether oxygens (including phenoxy) is 1. The fourth-order valence-corrected chi connectivity index (χ4v) is 4.22. The molecule has 5 heteroatoms. The van der Waals surface area contributed by atoms with Crippen molar-refractivity contribution in [2.24, 2.45) is 5.92 Å². The van der Waals surface area contributed by atoms with Crippen LogP contribution in [-0.4, -0.2) is 22.9 Å². The molecule has 2 atom stereocenters. The third-order valence-electron chi connectivity index (χ3n) is 6.39. The van der Waals surface area contributed by atoms with Gasteiger partial charge in [0.2, 0.25) is 0 Å². The lowest BCUT2D eigenvalue weighted by molar-refractivity contribution is -0.148. The summed E-state index contributed by atoms with van der Waals surface area (Å²) in [6.07, 6.45) is 5.13. The normalized spacial score (nSPS) is 12.8. The summed E-state index contributed by atoms with van der Waals surface area (Å²) in [6.45, 7) is 2.11. The number of esters is 1.